The number of methoxy groups -OCH3 is 1. The predicted molar refractivity (Wildman–Crippen MR) is 70.4 cm³/mol. The third-order valence-corrected chi connectivity index (χ3v) is 3.51. The van der Waals surface area contributed by atoms with Crippen LogP contribution in [0.3, 0.4) is 0 Å². The molecular weight excluding hydrogens is 268 g/mol. The molecule has 1 saturated heterocycles. The normalized spacial score (nSPS) is 18.9. The summed E-state index contributed by atoms with van der Waals surface area (Å²) in [5.74, 6) is 2.02. The Kier molecular flexibility index (Phi) is 3.18. The van der Waals surface area contributed by atoms with Gasteiger partial charge in [0.05, 0.1) is 13.2 Å². The van der Waals surface area contributed by atoms with E-state index >= 15 is 0 Å². The zero-order valence-corrected chi connectivity index (χ0v) is 11.4. The van der Waals surface area contributed by atoms with E-state index in [1.807, 2.05) is 0 Å². The maximum absolute atomic E-state index is 11.2. The third kappa shape index (κ3) is 2.73. The predicted octanol–water partition coefficient (Wildman–Crippen LogP) is 1.87. The summed E-state index contributed by atoms with van der Waals surface area (Å²) in [6, 6.07) is 1.91. The van der Waals surface area contributed by atoms with Crippen LogP contribution in [0, 0.1) is 0 Å². The van der Waals surface area contributed by atoms with E-state index in [2.05, 4.69) is 20.0 Å². The van der Waals surface area contributed by atoms with Crippen molar-refractivity contribution in [2.75, 3.05) is 25.5 Å². The zero-order chi connectivity index (χ0) is 13.4. The lowest BCUT2D eigenvalue weighted by molar-refractivity contribution is 0.0929. The lowest BCUT2D eigenvalue weighted by atomic mass is 10.1. The van der Waals surface area contributed by atoms with Gasteiger partial charge < -0.3 is 15.0 Å². The van der Waals surface area contributed by atoms with E-state index in [9.17, 15) is 4.79 Å². The van der Waals surface area contributed by atoms with Gasteiger partial charge in [0, 0.05) is 25.1 Å². The largest absolute Gasteiger partial charge is 0.453 e. The molecule has 7 heteroatoms. The van der Waals surface area contributed by atoms with Crippen LogP contribution in [0.5, 0.6) is 0 Å². The number of amides is 1. The lowest BCUT2D eigenvalue weighted by Gasteiger charge is -2.38. The number of ether oxygens (including phenoxy) is 1. The average molecular weight is 283 g/mol. The van der Waals surface area contributed by atoms with Crippen molar-refractivity contribution >= 4 is 23.5 Å². The molecule has 3 rings (SSSR count). The van der Waals surface area contributed by atoms with E-state index in [1.54, 1.807) is 11.0 Å². The fourth-order valence-corrected chi connectivity index (χ4v) is 2.28. The van der Waals surface area contributed by atoms with E-state index in [0.717, 1.165) is 24.5 Å². The van der Waals surface area contributed by atoms with Crippen LogP contribution in [-0.4, -0.2) is 47.2 Å². The van der Waals surface area contributed by atoms with Gasteiger partial charge in [0.1, 0.15) is 16.8 Å². The van der Waals surface area contributed by atoms with Gasteiger partial charge in [0.25, 0.3) is 0 Å². The molecule has 1 amide bonds. The molecule has 1 aromatic heterocycles. The molecular formula is C12H15ClN4O2. The molecule has 0 spiro atoms. The van der Waals surface area contributed by atoms with Crippen molar-refractivity contribution in [1.29, 1.82) is 0 Å². The Morgan fingerprint density at radius 2 is 2.21 bits per heavy atom. The maximum Gasteiger partial charge on any atom is 0.409 e. The number of likely N-dealkylation sites (tertiary alicyclic amines) is 1. The number of hydrogen-bond donors (Lipinski definition) is 1. The van der Waals surface area contributed by atoms with Crippen molar-refractivity contribution in [3.05, 3.63) is 17.0 Å². The van der Waals surface area contributed by atoms with Crippen molar-refractivity contribution in [1.82, 2.24) is 14.9 Å². The summed E-state index contributed by atoms with van der Waals surface area (Å²) < 4.78 is 4.64. The van der Waals surface area contributed by atoms with Crippen LogP contribution in [0.2, 0.25) is 5.15 Å². The number of carbonyl (C=O) groups is 1. The van der Waals surface area contributed by atoms with Crippen LogP contribution in [0.25, 0.3) is 0 Å². The van der Waals surface area contributed by atoms with Crippen molar-refractivity contribution in [3.63, 3.8) is 0 Å². The fourth-order valence-electron chi connectivity index (χ4n) is 2.09. The fraction of sp³-hybridized carbons (Fsp3) is 0.583. The van der Waals surface area contributed by atoms with Crippen molar-refractivity contribution in [2.45, 2.75) is 24.8 Å². The maximum atomic E-state index is 11.2. The minimum Gasteiger partial charge on any atom is -0.453 e. The second-order valence-electron chi connectivity index (χ2n) is 4.92. The first-order valence-corrected chi connectivity index (χ1v) is 6.67. The van der Waals surface area contributed by atoms with Crippen LogP contribution in [0.1, 0.15) is 24.6 Å². The second kappa shape index (κ2) is 4.85. The highest BCUT2D eigenvalue weighted by Gasteiger charge is 2.32. The van der Waals surface area contributed by atoms with E-state index in [-0.39, 0.29) is 12.1 Å². The van der Waals surface area contributed by atoms with E-state index < -0.39 is 0 Å². The summed E-state index contributed by atoms with van der Waals surface area (Å²) in [5, 5.41) is 3.73. The van der Waals surface area contributed by atoms with Gasteiger partial charge in [-0.05, 0) is 12.8 Å². The Hall–Kier alpha value is -1.56. The molecule has 102 valence electrons. The monoisotopic (exact) mass is 282 g/mol. The second-order valence-corrected chi connectivity index (χ2v) is 5.31. The minimum atomic E-state index is -0.294. The molecule has 0 atom stereocenters. The molecule has 2 fully saturated rings. The molecule has 1 saturated carbocycles. The summed E-state index contributed by atoms with van der Waals surface area (Å²) in [7, 11) is 1.38. The molecule has 6 nitrogen and oxygen atoms in total. The van der Waals surface area contributed by atoms with Gasteiger partial charge in [-0.3, -0.25) is 0 Å². The Morgan fingerprint density at radius 1 is 1.47 bits per heavy atom. The third-order valence-electron chi connectivity index (χ3n) is 3.32. The number of aromatic nitrogens is 2. The van der Waals surface area contributed by atoms with E-state index in [4.69, 9.17) is 11.6 Å². The van der Waals surface area contributed by atoms with Crippen LogP contribution in [0.15, 0.2) is 6.07 Å². The number of nitrogens with zero attached hydrogens (tertiary/aromatic N) is 3. The molecule has 1 aliphatic heterocycles. The van der Waals surface area contributed by atoms with Crippen molar-refractivity contribution in [2.24, 2.45) is 0 Å². The highest BCUT2D eigenvalue weighted by Crippen LogP contribution is 2.38. The van der Waals surface area contributed by atoms with Crippen molar-refractivity contribution in [3.8, 4) is 0 Å². The summed E-state index contributed by atoms with van der Waals surface area (Å²) in [6.45, 7) is 1.24. The van der Waals surface area contributed by atoms with E-state index in [1.165, 1.54) is 7.11 Å². The smallest absolute Gasteiger partial charge is 0.409 e. The SMILES string of the molecule is COC(=O)N1CC(Nc2cc(Cl)nc(C3CC3)n2)C1. The Morgan fingerprint density at radius 3 is 2.84 bits per heavy atom. The quantitative estimate of drug-likeness (QED) is 0.857. The molecule has 0 bridgehead atoms. The van der Waals surface area contributed by atoms with E-state index in [0.29, 0.717) is 24.2 Å². The lowest BCUT2D eigenvalue weighted by Crippen LogP contribution is -2.57. The molecule has 0 radical (unpaired) electrons. The van der Waals surface area contributed by atoms with Gasteiger partial charge >= 0.3 is 6.09 Å². The molecule has 1 aromatic rings. The minimum absolute atomic E-state index is 0.192. The number of rotatable bonds is 3. The highest BCUT2D eigenvalue weighted by atomic mass is 35.5. The van der Waals surface area contributed by atoms with Gasteiger partial charge in [0.15, 0.2) is 0 Å². The van der Waals surface area contributed by atoms with Gasteiger partial charge in [-0.1, -0.05) is 11.6 Å². The van der Waals surface area contributed by atoms with Gasteiger partial charge in [0.2, 0.25) is 0 Å². The summed E-state index contributed by atoms with van der Waals surface area (Å²) >= 11 is 5.99. The standard InChI is InChI=1S/C12H15ClN4O2/c1-19-12(18)17-5-8(6-17)14-10-4-9(13)15-11(16-10)7-2-3-7/h4,7-8H,2-3,5-6H2,1H3,(H,14,15,16). The average Bonchev–Trinajstić information content (AvgIpc) is 3.15. The number of anilines is 1. The highest BCUT2D eigenvalue weighted by molar-refractivity contribution is 6.29. The van der Waals surface area contributed by atoms with Crippen molar-refractivity contribution < 1.29 is 9.53 Å². The van der Waals surface area contributed by atoms with Gasteiger partial charge in [-0.15, -0.1) is 0 Å². The molecule has 1 N–H and O–H groups in total. The van der Waals surface area contributed by atoms with Gasteiger partial charge in [-0.25, -0.2) is 14.8 Å². The zero-order valence-electron chi connectivity index (χ0n) is 10.6. The molecule has 0 unspecified atom stereocenters. The Labute approximate surface area is 116 Å². The first-order valence-electron chi connectivity index (χ1n) is 6.29. The topological polar surface area (TPSA) is 67.3 Å². The van der Waals surface area contributed by atoms with Crippen LogP contribution >= 0.6 is 11.6 Å². The van der Waals surface area contributed by atoms with Crippen LogP contribution < -0.4 is 5.32 Å². The summed E-state index contributed by atoms with van der Waals surface area (Å²) in [4.78, 5) is 21.6. The number of halogens is 1. The number of hydrogen-bond acceptors (Lipinski definition) is 5. The molecule has 0 aromatic carbocycles. The number of carbonyl (C=O) groups excluding carboxylic acids is 1. The molecule has 2 aliphatic rings. The van der Waals surface area contributed by atoms with Gasteiger partial charge in [-0.2, -0.15) is 0 Å². The summed E-state index contributed by atoms with van der Waals surface area (Å²) in [6.07, 6.45) is 1.98. The molecule has 19 heavy (non-hydrogen) atoms. The first-order chi connectivity index (χ1) is 9.15. The van der Waals surface area contributed by atoms with Crippen LogP contribution in [-0.2, 0) is 4.74 Å². The molecule has 1 aliphatic carbocycles. The first kappa shape index (κ1) is 12.5. The Balaban J connectivity index is 1.60. The molecule has 2 heterocycles. The summed E-state index contributed by atoms with van der Waals surface area (Å²) in [5.41, 5.74) is 0. The Bertz CT molecular complexity index is 501. The number of nitrogens with one attached hydrogen (secondary N) is 1. The van der Waals surface area contributed by atoms with Crippen LogP contribution in [0.4, 0.5) is 10.6 Å².